The second-order valence-corrected chi connectivity index (χ2v) is 7.41. The Kier molecular flexibility index (Phi) is 12.1. The molecule has 10 heteroatoms. The number of hydrogen-bond donors (Lipinski definition) is 0. The molecule has 0 aromatic rings. The molecule has 0 fully saturated rings. The molecule has 0 saturated heterocycles. The minimum absolute atomic E-state index is 0.260. The van der Waals surface area contributed by atoms with Crippen molar-refractivity contribution in [2.45, 2.75) is 33.1 Å². The first kappa shape index (κ1) is 21.8. The normalized spacial score (nSPS) is 12.9. The van der Waals surface area contributed by atoms with Crippen molar-refractivity contribution >= 4 is 15.6 Å². The Morgan fingerprint density at radius 3 is 1.95 bits per heavy atom. The van der Waals surface area contributed by atoms with E-state index in [1.807, 2.05) is 0 Å². The maximum atomic E-state index is 12.0. The molecule has 0 aromatic heterocycles. The van der Waals surface area contributed by atoms with Gasteiger partial charge in [0.15, 0.2) is 0 Å². The van der Waals surface area contributed by atoms with Crippen molar-refractivity contribution in [2.24, 2.45) is 0 Å². The summed E-state index contributed by atoms with van der Waals surface area (Å²) in [5.41, 5.74) is 0. The summed E-state index contributed by atoms with van der Waals surface area (Å²) >= 11 is 0. The fourth-order valence-electron chi connectivity index (χ4n) is 1.31. The molecule has 0 amide bonds. The number of phosphoric ester groups is 2. The van der Waals surface area contributed by atoms with Crippen LogP contribution in [0.25, 0.3) is 0 Å². The van der Waals surface area contributed by atoms with Crippen molar-refractivity contribution in [1.82, 2.24) is 0 Å². The molecule has 0 aliphatic rings. The topological polar surface area (TPSA) is 89.5 Å². The zero-order valence-corrected chi connectivity index (χ0v) is 15.3. The minimum Gasteiger partial charge on any atom is -0.412 e. The van der Waals surface area contributed by atoms with E-state index in [0.29, 0.717) is 12.8 Å². The quantitative estimate of drug-likeness (QED) is 0.257. The lowest BCUT2D eigenvalue weighted by molar-refractivity contribution is 0.120. The highest BCUT2D eigenvalue weighted by atomic mass is 31.2. The lowest BCUT2D eigenvalue weighted by Crippen LogP contribution is -2.01. The van der Waals surface area contributed by atoms with E-state index in [9.17, 15) is 9.13 Å². The average molecular weight is 360 g/mol. The molecule has 0 unspecified atom stereocenters. The molecule has 0 atom stereocenters. The van der Waals surface area contributed by atoms with Crippen molar-refractivity contribution in [3.05, 3.63) is 12.3 Å². The predicted molar refractivity (Wildman–Crippen MR) is 82.5 cm³/mol. The third kappa shape index (κ3) is 9.74. The van der Waals surface area contributed by atoms with Gasteiger partial charge in [0.05, 0.1) is 26.1 Å². The van der Waals surface area contributed by atoms with Gasteiger partial charge in [-0.2, -0.15) is 0 Å². The Labute approximate surface area is 132 Å². The lowest BCUT2D eigenvalue weighted by Gasteiger charge is -2.16. The molecular formula is C12H26O8P2. The van der Waals surface area contributed by atoms with Crippen molar-refractivity contribution in [3.63, 3.8) is 0 Å². The summed E-state index contributed by atoms with van der Waals surface area (Å²) in [4.78, 5) is 0. The van der Waals surface area contributed by atoms with E-state index in [0.717, 1.165) is 6.42 Å². The number of rotatable bonds is 14. The summed E-state index contributed by atoms with van der Waals surface area (Å²) in [7, 11) is -4.40. The van der Waals surface area contributed by atoms with Gasteiger partial charge in [-0.1, -0.05) is 0 Å². The Bertz CT molecular complexity index is 381. The molecule has 132 valence electrons. The third-order valence-electron chi connectivity index (χ3n) is 2.32. The van der Waals surface area contributed by atoms with Gasteiger partial charge < -0.3 is 4.52 Å². The maximum Gasteiger partial charge on any atom is 0.528 e. The van der Waals surface area contributed by atoms with Crippen LogP contribution in [0.1, 0.15) is 33.1 Å². The molecule has 22 heavy (non-hydrogen) atoms. The van der Waals surface area contributed by atoms with Gasteiger partial charge in [-0.25, -0.2) is 9.13 Å². The fourth-order valence-corrected chi connectivity index (χ4v) is 3.08. The Balaban J connectivity index is 3.85. The number of allylic oxidation sites excluding steroid dienone is 1. The van der Waals surface area contributed by atoms with Crippen LogP contribution in [0, 0.1) is 0 Å². The minimum atomic E-state index is -3.46. The molecule has 0 heterocycles. The molecule has 0 aromatic carbocycles. The standard InChI is InChI=1S/C12H26O8P2/c1-5-17-22(14,18-6-2)20-12-10-8-7-9-11-19-21(13,15-3)16-4/h9,11H,5-8,10,12H2,1-4H3/b11-9+. The third-order valence-corrected chi connectivity index (χ3v) is 5.24. The largest absolute Gasteiger partial charge is 0.528 e. The monoisotopic (exact) mass is 360 g/mol. The first-order chi connectivity index (χ1) is 10.4. The van der Waals surface area contributed by atoms with Gasteiger partial charge >= 0.3 is 15.6 Å². The van der Waals surface area contributed by atoms with Gasteiger partial charge in [-0.15, -0.1) is 0 Å². The highest BCUT2D eigenvalue weighted by Crippen LogP contribution is 2.49. The average Bonchev–Trinajstić information content (AvgIpc) is 2.50. The summed E-state index contributed by atoms with van der Waals surface area (Å²) in [5.74, 6) is 0. The van der Waals surface area contributed by atoms with Gasteiger partial charge in [0.2, 0.25) is 0 Å². The van der Waals surface area contributed by atoms with Crippen LogP contribution >= 0.6 is 15.6 Å². The first-order valence-corrected chi connectivity index (χ1v) is 9.96. The SMILES string of the molecule is CCOP(=O)(OCC)OCCCC/C=C/OP(=O)(OC)OC. The second-order valence-electron chi connectivity index (χ2n) is 3.90. The van der Waals surface area contributed by atoms with Crippen LogP contribution in [0.4, 0.5) is 0 Å². The summed E-state index contributed by atoms with van der Waals surface area (Å²) < 4.78 is 52.7. The number of phosphoric acid groups is 2. The second kappa shape index (κ2) is 12.3. The summed E-state index contributed by atoms with van der Waals surface area (Å²) in [6.45, 7) is 4.23. The molecular weight excluding hydrogens is 334 g/mol. The van der Waals surface area contributed by atoms with Crippen LogP contribution in [0.2, 0.25) is 0 Å². The Morgan fingerprint density at radius 1 is 0.864 bits per heavy atom. The van der Waals surface area contributed by atoms with E-state index in [1.165, 1.54) is 20.5 Å². The van der Waals surface area contributed by atoms with Crippen molar-refractivity contribution < 1.29 is 36.3 Å². The van der Waals surface area contributed by atoms with E-state index < -0.39 is 15.6 Å². The van der Waals surface area contributed by atoms with Crippen LogP contribution in [-0.4, -0.2) is 34.0 Å². The predicted octanol–water partition coefficient (Wildman–Crippen LogP) is 4.29. The molecule has 8 nitrogen and oxygen atoms in total. The maximum absolute atomic E-state index is 12.0. The van der Waals surface area contributed by atoms with Crippen LogP contribution in [0.15, 0.2) is 12.3 Å². The molecule has 0 aliphatic heterocycles. The van der Waals surface area contributed by atoms with Crippen molar-refractivity contribution in [2.75, 3.05) is 34.0 Å². The fraction of sp³-hybridized carbons (Fsp3) is 0.833. The first-order valence-electron chi connectivity index (χ1n) is 7.03. The molecule has 0 rings (SSSR count). The van der Waals surface area contributed by atoms with Crippen LogP contribution in [-0.2, 0) is 36.3 Å². The Morgan fingerprint density at radius 2 is 1.45 bits per heavy atom. The van der Waals surface area contributed by atoms with E-state index in [-0.39, 0.29) is 19.8 Å². The summed E-state index contributed by atoms with van der Waals surface area (Å²) in [6, 6.07) is 0. The van der Waals surface area contributed by atoms with Gasteiger partial charge in [0, 0.05) is 14.2 Å². The van der Waals surface area contributed by atoms with E-state index >= 15 is 0 Å². The zero-order chi connectivity index (χ0) is 16.9. The van der Waals surface area contributed by atoms with Gasteiger partial charge in [-0.3, -0.25) is 22.6 Å². The zero-order valence-electron chi connectivity index (χ0n) is 13.6. The van der Waals surface area contributed by atoms with Crippen LogP contribution in [0.3, 0.4) is 0 Å². The van der Waals surface area contributed by atoms with Crippen molar-refractivity contribution in [1.29, 1.82) is 0 Å². The summed E-state index contributed by atoms with van der Waals surface area (Å²) in [5, 5.41) is 0. The molecule has 0 bridgehead atoms. The highest BCUT2D eigenvalue weighted by molar-refractivity contribution is 7.48. The molecule has 0 aliphatic carbocycles. The van der Waals surface area contributed by atoms with Gasteiger partial charge in [0.25, 0.3) is 0 Å². The summed E-state index contributed by atoms with van der Waals surface area (Å²) in [6.07, 6.45) is 5.07. The molecule has 0 N–H and O–H groups in total. The highest BCUT2D eigenvalue weighted by Gasteiger charge is 2.24. The van der Waals surface area contributed by atoms with Crippen LogP contribution < -0.4 is 0 Å². The van der Waals surface area contributed by atoms with Crippen molar-refractivity contribution in [3.8, 4) is 0 Å². The van der Waals surface area contributed by atoms with E-state index in [1.54, 1.807) is 19.9 Å². The van der Waals surface area contributed by atoms with Gasteiger partial charge in [-0.05, 0) is 39.2 Å². The van der Waals surface area contributed by atoms with E-state index in [2.05, 4.69) is 9.05 Å². The molecule has 0 radical (unpaired) electrons. The molecule has 0 saturated carbocycles. The van der Waals surface area contributed by atoms with Crippen LogP contribution in [0.5, 0.6) is 0 Å². The smallest absolute Gasteiger partial charge is 0.412 e. The number of hydrogen-bond acceptors (Lipinski definition) is 8. The lowest BCUT2D eigenvalue weighted by atomic mass is 10.2. The van der Waals surface area contributed by atoms with E-state index in [4.69, 9.17) is 18.1 Å². The molecule has 0 spiro atoms. The van der Waals surface area contributed by atoms with Gasteiger partial charge in [0.1, 0.15) is 0 Å². The Hall–Kier alpha value is -0.200. The number of unbranched alkanes of at least 4 members (excludes halogenated alkanes) is 2.